The van der Waals surface area contributed by atoms with E-state index in [0.29, 0.717) is 6.54 Å². The van der Waals surface area contributed by atoms with Gasteiger partial charge in [0.15, 0.2) is 0 Å². The van der Waals surface area contributed by atoms with Crippen molar-refractivity contribution in [3.8, 4) is 6.07 Å². The number of piperidine rings is 1. The van der Waals surface area contributed by atoms with E-state index in [9.17, 15) is 4.79 Å². The Kier molecular flexibility index (Phi) is 6.89. The highest BCUT2D eigenvalue weighted by Crippen LogP contribution is 2.13. The molecular formula is C18H26N4O. The largest absolute Gasteiger partial charge is 0.337 e. The Balaban J connectivity index is 1.73. The molecule has 23 heavy (non-hydrogen) atoms. The quantitative estimate of drug-likeness (QED) is 0.848. The summed E-state index contributed by atoms with van der Waals surface area (Å²) in [4.78, 5) is 14.2. The number of rotatable bonds is 6. The van der Waals surface area contributed by atoms with Crippen LogP contribution in [0.5, 0.6) is 0 Å². The molecule has 0 aliphatic carbocycles. The molecule has 1 aromatic rings. The van der Waals surface area contributed by atoms with E-state index in [1.54, 1.807) is 6.92 Å². The number of hydrogen-bond donors (Lipinski definition) is 2. The number of carbonyl (C=O) groups is 1. The lowest BCUT2D eigenvalue weighted by Crippen LogP contribution is -2.32. The highest BCUT2D eigenvalue weighted by Gasteiger charge is 2.09. The monoisotopic (exact) mass is 314 g/mol. The van der Waals surface area contributed by atoms with Crippen LogP contribution in [0.25, 0.3) is 0 Å². The van der Waals surface area contributed by atoms with Crippen molar-refractivity contribution in [2.45, 2.75) is 32.6 Å². The standard InChI is InChI=1S/C18H26N4O/c1-15(13-19)14-20-18(23)21-17-7-5-16(6-8-17)9-12-22-10-3-2-4-11-22/h5-8,15H,2-4,9-12,14H2,1H3,(H2,20,21,23)/t15-/m0/s1. The maximum atomic E-state index is 11.7. The van der Waals surface area contributed by atoms with Gasteiger partial charge in [0.25, 0.3) is 0 Å². The third-order valence-corrected chi connectivity index (χ3v) is 4.17. The lowest BCUT2D eigenvalue weighted by molar-refractivity contribution is 0.231. The van der Waals surface area contributed by atoms with Crippen LogP contribution in [0.1, 0.15) is 31.7 Å². The minimum absolute atomic E-state index is 0.182. The van der Waals surface area contributed by atoms with Crippen molar-refractivity contribution in [2.75, 3.05) is 31.5 Å². The van der Waals surface area contributed by atoms with E-state index in [0.717, 1.165) is 18.7 Å². The fraction of sp³-hybridized carbons (Fsp3) is 0.556. The van der Waals surface area contributed by atoms with Crippen molar-refractivity contribution in [1.29, 1.82) is 5.26 Å². The number of amides is 2. The molecule has 1 saturated heterocycles. The summed E-state index contributed by atoms with van der Waals surface area (Å²) in [5.41, 5.74) is 2.06. The van der Waals surface area contributed by atoms with E-state index in [2.05, 4.69) is 33.7 Å². The van der Waals surface area contributed by atoms with Crippen molar-refractivity contribution in [3.63, 3.8) is 0 Å². The zero-order valence-electron chi connectivity index (χ0n) is 13.8. The summed E-state index contributed by atoms with van der Waals surface area (Å²) in [7, 11) is 0. The summed E-state index contributed by atoms with van der Waals surface area (Å²) in [6.07, 6.45) is 5.06. The highest BCUT2D eigenvalue weighted by molar-refractivity contribution is 5.89. The Labute approximate surface area is 138 Å². The average molecular weight is 314 g/mol. The highest BCUT2D eigenvalue weighted by atomic mass is 16.2. The number of urea groups is 1. The number of nitrogens with zero attached hydrogens (tertiary/aromatic N) is 2. The summed E-state index contributed by atoms with van der Waals surface area (Å²) >= 11 is 0. The lowest BCUT2D eigenvalue weighted by atomic mass is 10.1. The van der Waals surface area contributed by atoms with Crippen LogP contribution in [-0.2, 0) is 6.42 Å². The summed E-state index contributed by atoms with van der Waals surface area (Å²) in [6, 6.07) is 9.81. The van der Waals surface area contributed by atoms with Gasteiger partial charge in [-0.15, -0.1) is 0 Å². The second kappa shape index (κ2) is 9.16. The van der Waals surface area contributed by atoms with Crippen molar-refractivity contribution >= 4 is 11.7 Å². The molecule has 0 aromatic heterocycles. The zero-order valence-corrected chi connectivity index (χ0v) is 13.8. The van der Waals surface area contributed by atoms with Crippen LogP contribution in [0.2, 0.25) is 0 Å². The average Bonchev–Trinajstić information content (AvgIpc) is 2.60. The third kappa shape index (κ3) is 6.29. The van der Waals surface area contributed by atoms with Gasteiger partial charge in [-0.25, -0.2) is 4.79 Å². The lowest BCUT2D eigenvalue weighted by Gasteiger charge is -2.26. The maximum Gasteiger partial charge on any atom is 0.319 e. The first-order valence-corrected chi connectivity index (χ1v) is 8.43. The molecule has 2 N–H and O–H groups in total. The molecule has 1 heterocycles. The van der Waals surface area contributed by atoms with Gasteiger partial charge < -0.3 is 15.5 Å². The van der Waals surface area contributed by atoms with Gasteiger partial charge in [0, 0.05) is 18.8 Å². The molecule has 2 amide bonds. The van der Waals surface area contributed by atoms with E-state index < -0.39 is 0 Å². The number of nitriles is 1. The number of hydrogen-bond acceptors (Lipinski definition) is 3. The summed E-state index contributed by atoms with van der Waals surface area (Å²) in [5, 5.41) is 14.2. The minimum atomic E-state index is -0.270. The van der Waals surface area contributed by atoms with E-state index in [1.807, 2.05) is 12.1 Å². The van der Waals surface area contributed by atoms with Gasteiger partial charge in [-0.1, -0.05) is 18.6 Å². The molecule has 1 aliphatic rings. The first-order chi connectivity index (χ1) is 11.2. The molecule has 1 aromatic carbocycles. The minimum Gasteiger partial charge on any atom is -0.337 e. The summed E-state index contributed by atoms with van der Waals surface area (Å²) in [6.45, 7) is 5.69. The Morgan fingerprint density at radius 2 is 1.96 bits per heavy atom. The smallest absolute Gasteiger partial charge is 0.319 e. The molecule has 1 aliphatic heterocycles. The molecule has 1 atom stereocenters. The fourth-order valence-corrected chi connectivity index (χ4v) is 2.69. The van der Waals surface area contributed by atoms with Gasteiger partial charge in [0.2, 0.25) is 0 Å². The van der Waals surface area contributed by atoms with Crippen LogP contribution < -0.4 is 10.6 Å². The molecule has 0 saturated carbocycles. The molecule has 5 heteroatoms. The SMILES string of the molecule is C[C@@H](C#N)CNC(=O)Nc1ccc(CCN2CCCCC2)cc1. The van der Waals surface area contributed by atoms with E-state index in [-0.39, 0.29) is 11.9 Å². The van der Waals surface area contributed by atoms with Crippen LogP contribution in [0.4, 0.5) is 10.5 Å². The normalized spacial score (nSPS) is 16.3. The second-order valence-electron chi connectivity index (χ2n) is 6.21. The van der Waals surface area contributed by atoms with Gasteiger partial charge in [-0.3, -0.25) is 0 Å². The summed E-state index contributed by atoms with van der Waals surface area (Å²) in [5.74, 6) is -0.182. The van der Waals surface area contributed by atoms with Crippen LogP contribution in [0.15, 0.2) is 24.3 Å². The predicted octanol–water partition coefficient (Wildman–Crippen LogP) is 3.00. The molecule has 124 valence electrons. The van der Waals surface area contributed by atoms with Crippen molar-refractivity contribution in [1.82, 2.24) is 10.2 Å². The van der Waals surface area contributed by atoms with E-state index in [4.69, 9.17) is 5.26 Å². The number of anilines is 1. The number of likely N-dealkylation sites (tertiary alicyclic amines) is 1. The van der Waals surface area contributed by atoms with Crippen LogP contribution in [0.3, 0.4) is 0 Å². The Hall–Kier alpha value is -2.06. The van der Waals surface area contributed by atoms with Crippen LogP contribution in [0, 0.1) is 17.2 Å². The Morgan fingerprint density at radius 3 is 2.61 bits per heavy atom. The number of nitrogens with one attached hydrogen (secondary N) is 2. The van der Waals surface area contributed by atoms with Crippen LogP contribution in [-0.4, -0.2) is 37.1 Å². The molecule has 5 nitrogen and oxygen atoms in total. The first-order valence-electron chi connectivity index (χ1n) is 8.43. The molecule has 0 bridgehead atoms. The summed E-state index contributed by atoms with van der Waals surface area (Å²) < 4.78 is 0. The zero-order chi connectivity index (χ0) is 16.5. The van der Waals surface area contributed by atoms with E-state index in [1.165, 1.54) is 37.9 Å². The number of benzene rings is 1. The fourth-order valence-electron chi connectivity index (χ4n) is 2.69. The first kappa shape index (κ1) is 17.3. The van der Waals surface area contributed by atoms with Gasteiger partial charge in [0.05, 0.1) is 12.0 Å². The molecule has 1 fully saturated rings. The van der Waals surface area contributed by atoms with Gasteiger partial charge in [0.1, 0.15) is 0 Å². The van der Waals surface area contributed by atoms with Gasteiger partial charge in [-0.05, 0) is 57.0 Å². The van der Waals surface area contributed by atoms with Gasteiger partial charge >= 0.3 is 6.03 Å². The molecule has 0 spiro atoms. The maximum absolute atomic E-state index is 11.7. The molecule has 2 rings (SSSR count). The Bertz CT molecular complexity index is 529. The van der Waals surface area contributed by atoms with Gasteiger partial charge in [-0.2, -0.15) is 5.26 Å². The second-order valence-corrected chi connectivity index (χ2v) is 6.21. The molecule has 0 radical (unpaired) electrons. The third-order valence-electron chi connectivity index (χ3n) is 4.17. The van der Waals surface area contributed by atoms with Crippen molar-refractivity contribution in [3.05, 3.63) is 29.8 Å². The topological polar surface area (TPSA) is 68.2 Å². The predicted molar refractivity (Wildman–Crippen MR) is 92.2 cm³/mol. The van der Waals surface area contributed by atoms with Crippen LogP contribution >= 0.6 is 0 Å². The molecule has 0 unspecified atom stereocenters. The van der Waals surface area contributed by atoms with Crippen molar-refractivity contribution < 1.29 is 4.79 Å². The van der Waals surface area contributed by atoms with E-state index >= 15 is 0 Å². The molecular weight excluding hydrogens is 288 g/mol. The number of carbonyl (C=O) groups excluding carboxylic acids is 1. The Morgan fingerprint density at radius 1 is 1.26 bits per heavy atom. The van der Waals surface area contributed by atoms with Crippen molar-refractivity contribution in [2.24, 2.45) is 5.92 Å².